The first-order valence-corrected chi connectivity index (χ1v) is 6.85. The van der Waals surface area contributed by atoms with Gasteiger partial charge in [-0.25, -0.2) is 0 Å². The largest absolute Gasteiger partial charge is 0.465 e. The third kappa shape index (κ3) is 3.16. The molecule has 0 fully saturated rings. The van der Waals surface area contributed by atoms with Gasteiger partial charge in [0.15, 0.2) is 0 Å². The van der Waals surface area contributed by atoms with Crippen LogP contribution in [0.4, 0.5) is 5.69 Å². The number of ether oxygens (including phenoxy) is 1. The van der Waals surface area contributed by atoms with Crippen LogP contribution in [-0.4, -0.2) is 42.4 Å². The fourth-order valence-corrected chi connectivity index (χ4v) is 2.26. The lowest BCUT2D eigenvalue weighted by Gasteiger charge is -2.18. The van der Waals surface area contributed by atoms with Crippen LogP contribution in [0.25, 0.3) is 0 Å². The predicted octanol–water partition coefficient (Wildman–Crippen LogP) is 1.41. The van der Waals surface area contributed by atoms with Gasteiger partial charge in [-0.15, -0.1) is 0 Å². The van der Waals surface area contributed by atoms with Gasteiger partial charge >= 0.3 is 5.97 Å². The fourth-order valence-electron chi connectivity index (χ4n) is 1.90. The van der Waals surface area contributed by atoms with E-state index in [4.69, 9.17) is 4.74 Å². The number of carbonyl (C=O) groups excluding carboxylic acids is 3. The SMILES string of the molecule is CCOC(=O)CN1CC(=O)Nc2ccc(Br)cc2C1=O. The van der Waals surface area contributed by atoms with Crippen molar-refractivity contribution in [1.82, 2.24) is 4.90 Å². The van der Waals surface area contributed by atoms with Crippen LogP contribution in [0.1, 0.15) is 17.3 Å². The molecule has 0 radical (unpaired) electrons. The van der Waals surface area contributed by atoms with Gasteiger partial charge in [0.05, 0.1) is 17.9 Å². The molecule has 0 aromatic heterocycles. The summed E-state index contributed by atoms with van der Waals surface area (Å²) in [4.78, 5) is 36.8. The number of halogens is 1. The summed E-state index contributed by atoms with van der Waals surface area (Å²) in [6.45, 7) is 1.49. The Morgan fingerprint density at radius 1 is 1.45 bits per heavy atom. The Labute approximate surface area is 124 Å². The molecule has 106 valence electrons. The third-order valence-electron chi connectivity index (χ3n) is 2.73. The monoisotopic (exact) mass is 340 g/mol. The van der Waals surface area contributed by atoms with E-state index in [1.807, 2.05) is 0 Å². The number of esters is 1. The topological polar surface area (TPSA) is 75.7 Å². The number of anilines is 1. The minimum Gasteiger partial charge on any atom is -0.465 e. The van der Waals surface area contributed by atoms with Crippen LogP contribution in [-0.2, 0) is 14.3 Å². The van der Waals surface area contributed by atoms with Crippen LogP contribution in [0.5, 0.6) is 0 Å². The molecule has 1 aromatic carbocycles. The van der Waals surface area contributed by atoms with E-state index in [2.05, 4.69) is 21.2 Å². The van der Waals surface area contributed by atoms with E-state index in [1.54, 1.807) is 25.1 Å². The second-order valence-corrected chi connectivity index (χ2v) is 5.12. The zero-order chi connectivity index (χ0) is 14.7. The van der Waals surface area contributed by atoms with Gasteiger partial charge in [0.2, 0.25) is 5.91 Å². The molecule has 20 heavy (non-hydrogen) atoms. The summed E-state index contributed by atoms with van der Waals surface area (Å²) in [5.74, 6) is -1.26. The molecule has 1 aromatic rings. The van der Waals surface area contributed by atoms with E-state index in [0.29, 0.717) is 11.3 Å². The molecule has 0 atom stereocenters. The molecule has 1 aliphatic heterocycles. The standard InChI is InChI=1S/C13H13BrN2O4/c1-2-20-12(18)7-16-6-11(17)15-10-4-3-8(14)5-9(10)13(16)19/h3-5H,2,6-7H2,1H3,(H,15,17). The molecular formula is C13H13BrN2O4. The minimum atomic E-state index is -0.535. The van der Waals surface area contributed by atoms with Crippen LogP contribution in [0.3, 0.4) is 0 Å². The molecule has 1 aliphatic rings. The highest BCUT2D eigenvalue weighted by molar-refractivity contribution is 9.10. The Kier molecular flexibility index (Phi) is 4.39. The van der Waals surface area contributed by atoms with Gasteiger partial charge in [-0.2, -0.15) is 0 Å². The molecule has 0 spiro atoms. The number of nitrogens with one attached hydrogen (secondary N) is 1. The Morgan fingerprint density at radius 3 is 2.90 bits per heavy atom. The van der Waals surface area contributed by atoms with Crippen LogP contribution in [0, 0.1) is 0 Å². The van der Waals surface area contributed by atoms with Crippen molar-refractivity contribution in [3.05, 3.63) is 28.2 Å². The maximum Gasteiger partial charge on any atom is 0.325 e. The van der Waals surface area contributed by atoms with E-state index in [1.165, 1.54) is 4.90 Å². The number of rotatable bonds is 3. The zero-order valence-corrected chi connectivity index (χ0v) is 12.4. The Balaban J connectivity index is 2.29. The van der Waals surface area contributed by atoms with Crippen molar-refractivity contribution in [1.29, 1.82) is 0 Å². The van der Waals surface area contributed by atoms with Gasteiger partial charge < -0.3 is 15.0 Å². The van der Waals surface area contributed by atoms with Crippen molar-refractivity contribution in [2.24, 2.45) is 0 Å². The minimum absolute atomic E-state index is 0.177. The van der Waals surface area contributed by atoms with E-state index in [0.717, 1.165) is 4.47 Å². The Morgan fingerprint density at radius 2 is 2.20 bits per heavy atom. The van der Waals surface area contributed by atoms with E-state index in [-0.39, 0.29) is 31.5 Å². The van der Waals surface area contributed by atoms with Crippen molar-refractivity contribution in [2.45, 2.75) is 6.92 Å². The van der Waals surface area contributed by atoms with Crippen molar-refractivity contribution in [2.75, 3.05) is 25.0 Å². The van der Waals surface area contributed by atoms with Gasteiger partial charge in [-0.1, -0.05) is 15.9 Å². The van der Waals surface area contributed by atoms with Crippen LogP contribution in [0.2, 0.25) is 0 Å². The van der Waals surface area contributed by atoms with Crippen molar-refractivity contribution < 1.29 is 19.1 Å². The Hall–Kier alpha value is -1.89. The van der Waals surface area contributed by atoms with Crippen LogP contribution >= 0.6 is 15.9 Å². The predicted molar refractivity (Wildman–Crippen MR) is 75.3 cm³/mol. The number of benzene rings is 1. The highest BCUT2D eigenvalue weighted by atomic mass is 79.9. The highest BCUT2D eigenvalue weighted by Crippen LogP contribution is 2.24. The lowest BCUT2D eigenvalue weighted by molar-refractivity contribution is -0.143. The van der Waals surface area contributed by atoms with Gasteiger partial charge in [0, 0.05) is 4.47 Å². The summed E-state index contributed by atoms with van der Waals surface area (Å²) in [7, 11) is 0. The van der Waals surface area contributed by atoms with E-state index >= 15 is 0 Å². The second-order valence-electron chi connectivity index (χ2n) is 4.20. The van der Waals surface area contributed by atoms with E-state index in [9.17, 15) is 14.4 Å². The second kappa shape index (κ2) is 6.04. The highest BCUT2D eigenvalue weighted by Gasteiger charge is 2.28. The molecule has 0 bridgehead atoms. The van der Waals surface area contributed by atoms with Crippen LogP contribution < -0.4 is 5.32 Å². The summed E-state index contributed by atoms with van der Waals surface area (Å²) >= 11 is 3.28. The first-order chi connectivity index (χ1) is 9.51. The van der Waals surface area contributed by atoms with Crippen molar-refractivity contribution in [3.63, 3.8) is 0 Å². The summed E-state index contributed by atoms with van der Waals surface area (Å²) in [6.07, 6.45) is 0. The fraction of sp³-hybridized carbons (Fsp3) is 0.308. The van der Waals surface area contributed by atoms with E-state index < -0.39 is 5.97 Å². The number of amides is 2. The van der Waals surface area contributed by atoms with Gasteiger partial charge in [-0.3, -0.25) is 14.4 Å². The number of carbonyl (C=O) groups is 3. The molecule has 1 heterocycles. The summed E-state index contributed by atoms with van der Waals surface area (Å²) in [6, 6.07) is 4.98. The molecule has 0 saturated heterocycles. The molecule has 7 heteroatoms. The molecule has 0 aliphatic carbocycles. The van der Waals surface area contributed by atoms with Crippen LogP contribution in [0.15, 0.2) is 22.7 Å². The average molecular weight is 341 g/mol. The van der Waals surface area contributed by atoms with Gasteiger partial charge in [-0.05, 0) is 25.1 Å². The smallest absolute Gasteiger partial charge is 0.325 e. The number of hydrogen-bond donors (Lipinski definition) is 1. The molecule has 2 rings (SSSR count). The maximum absolute atomic E-state index is 12.4. The number of fused-ring (bicyclic) bond motifs is 1. The zero-order valence-electron chi connectivity index (χ0n) is 10.8. The number of nitrogens with zero attached hydrogens (tertiary/aromatic N) is 1. The lowest BCUT2D eigenvalue weighted by Crippen LogP contribution is -2.39. The molecule has 6 nitrogen and oxygen atoms in total. The third-order valence-corrected chi connectivity index (χ3v) is 3.23. The summed E-state index contributed by atoms with van der Waals surface area (Å²) < 4.78 is 5.53. The quantitative estimate of drug-likeness (QED) is 0.844. The first kappa shape index (κ1) is 14.5. The molecule has 0 saturated carbocycles. The van der Waals surface area contributed by atoms with Gasteiger partial charge in [0.1, 0.15) is 13.1 Å². The molecule has 1 N–H and O–H groups in total. The van der Waals surface area contributed by atoms with Crippen molar-refractivity contribution in [3.8, 4) is 0 Å². The summed E-state index contributed by atoms with van der Waals surface area (Å²) in [5.41, 5.74) is 0.782. The summed E-state index contributed by atoms with van der Waals surface area (Å²) in [5, 5.41) is 2.64. The van der Waals surface area contributed by atoms with Gasteiger partial charge in [0.25, 0.3) is 5.91 Å². The molecular weight excluding hydrogens is 328 g/mol. The molecule has 2 amide bonds. The maximum atomic E-state index is 12.4. The average Bonchev–Trinajstić information content (AvgIpc) is 2.49. The first-order valence-electron chi connectivity index (χ1n) is 6.05. The van der Waals surface area contributed by atoms with Crippen molar-refractivity contribution >= 4 is 39.4 Å². The molecule has 0 unspecified atom stereocenters. The number of hydrogen-bond acceptors (Lipinski definition) is 4. The Bertz CT molecular complexity index is 573. The normalized spacial score (nSPS) is 14.4. The lowest BCUT2D eigenvalue weighted by atomic mass is 10.1.